The summed E-state index contributed by atoms with van der Waals surface area (Å²) >= 11 is 0. The number of methoxy groups -OCH3 is 1. The Bertz CT molecular complexity index is 483. The van der Waals surface area contributed by atoms with Crippen LogP contribution in [0, 0.1) is 6.92 Å². The molecule has 6 nitrogen and oxygen atoms in total. The minimum atomic E-state index is 0.434. The molecule has 3 heterocycles. The third-order valence-corrected chi connectivity index (χ3v) is 4.50. The van der Waals surface area contributed by atoms with E-state index in [0.717, 1.165) is 76.3 Å². The van der Waals surface area contributed by atoms with Crippen LogP contribution in [0.4, 0.5) is 5.82 Å². The Labute approximate surface area is 132 Å². The molecule has 0 spiro atoms. The first kappa shape index (κ1) is 15.6. The molecule has 1 aromatic heterocycles. The highest BCUT2D eigenvalue weighted by atomic mass is 16.5. The van der Waals surface area contributed by atoms with Gasteiger partial charge in [-0.15, -0.1) is 0 Å². The van der Waals surface area contributed by atoms with Crippen molar-refractivity contribution >= 4 is 5.82 Å². The molecule has 1 atom stereocenters. The zero-order chi connectivity index (χ0) is 15.4. The molecule has 2 fully saturated rings. The van der Waals surface area contributed by atoms with Gasteiger partial charge in [-0.05, 0) is 13.3 Å². The molecule has 2 saturated heterocycles. The molecule has 1 aromatic rings. The average molecular weight is 306 g/mol. The van der Waals surface area contributed by atoms with Gasteiger partial charge >= 0.3 is 0 Å². The van der Waals surface area contributed by atoms with Gasteiger partial charge in [0.25, 0.3) is 0 Å². The van der Waals surface area contributed by atoms with Gasteiger partial charge in [0, 0.05) is 58.4 Å². The van der Waals surface area contributed by atoms with Crippen LogP contribution in [0.3, 0.4) is 0 Å². The van der Waals surface area contributed by atoms with Gasteiger partial charge < -0.3 is 14.4 Å². The first-order valence-electron chi connectivity index (χ1n) is 8.16. The van der Waals surface area contributed by atoms with E-state index in [1.54, 1.807) is 7.11 Å². The van der Waals surface area contributed by atoms with Crippen LogP contribution in [0.15, 0.2) is 6.07 Å². The van der Waals surface area contributed by atoms with Crippen LogP contribution in [-0.2, 0) is 9.47 Å². The van der Waals surface area contributed by atoms with E-state index in [1.807, 2.05) is 6.92 Å². The summed E-state index contributed by atoms with van der Waals surface area (Å²) in [6.07, 6.45) is 1.07. The summed E-state index contributed by atoms with van der Waals surface area (Å²) in [6.45, 7) is 9.60. The zero-order valence-corrected chi connectivity index (χ0v) is 13.6. The topological polar surface area (TPSA) is 50.7 Å². The average Bonchev–Trinajstić information content (AvgIpc) is 3.07. The van der Waals surface area contributed by atoms with E-state index >= 15 is 0 Å². The fourth-order valence-corrected chi connectivity index (χ4v) is 3.13. The predicted octanol–water partition coefficient (Wildman–Crippen LogP) is 1.06. The van der Waals surface area contributed by atoms with Crippen molar-refractivity contribution in [3.63, 3.8) is 0 Å². The summed E-state index contributed by atoms with van der Waals surface area (Å²) in [6, 6.07) is 2.16. The van der Waals surface area contributed by atoms with E-state index in [0.29, 0.717) is 5.92 Å². The number of nitrogens with zero attached hydrogens (tertiary/aromatic N) is 4. The highest BCUT2D eigenvalue weighted by Gasteiger charge is 2.23. The Morgan fingerprint density at radius 1 is 1.27 bits per heavy atom. The molecule has 6 heteroatoms. The van der Waals surface area contributed by atoms with E-state index in [1.165, 1.54) is 0 Å². The maximum absolute atomic E-state index is 5.50. The van der Waals surface area contributed by atoms with Gasteiger partial charge in [0.2, 0.25) is 0 Å². The van der Waals surface area contributed by atoms with Crippen LogP contribution in [0.5, 0.6) is 0 Å². The number of rotatable bonds is 5. The van der Waals surface area contributed by atoms with Crippen LogP contribution in [0.25, 0.3) is 0 Å². The van der Waals surface area contributed by atoms with E-state index in [-0.39, 0.29) is 0 Å². The van der Waals surface area contributed by atoms with Gasteiger partial charge in [0.05, 0.1) is 18.9 Å². The second-order valence-electron chi connectivity index (χ2n) is 6.08. The molecule has 0 radical (unpaired) electrons. The van der Waals surface area contributed by atoms with E-state index in [4.69, 9.17) is 9.47 Å². The van der Waals surface area contributed by atoms with Crippen molar-refractivity contribution in [1.82, 2.24) is 14.9 Å². The zero-order valence-electron chi connectivity index (χ0n) is 13.6. The quantitative estimate of drug-likeness (QED) is 0.811. The number of ether oxygens (including phenoxy) is 2. The largest absolute Gasteiger partial charge is 0.383 e. The first-order chi connectivity index (χ1) is 10.8. The van der Waals surface area contributed by atoms with E-state index < -0.39 is 0 Å². The number of aromatic nitrogens is 2. The molecule has 22 heavy (non-hydrogen) atoms. The number of aryl methyl sites for hydroxylation is 1. The van der Waals surface area contributed by atoms with Crippen molar-refractivity contribution in [1.29, 1.82) is 0 Å². The smallest absolute Gasteiger partial charge is 0.132 e. The summed E-state index contributed by atoms with van der Waals surface area (Å²) in [5.41, 5.74) is 1.14. The van der Waals surface area contributed by atoms with E-state index in [9.17, 15) is 0 Å². The first-order valence-corrected chi connectivity index (χ1v) is 8.16. The van der Waals surface area contributed by atoms with Crippen LogP contribution >= 0.6 is 0 Å². The lowest BCUT2D eigenvalue weighted by molar-refractivity contribution is 0.144. The number of piperazine rings is 1. The number of hydrogen-bond donors (Lipinski definition) is 0. The maximum Gasteiger partial charge on any atom is 0.132 e. The van der Waals surface area contributed by atoms with Crippen molar-refractivity contribution in [2.75, 3.05) is 64.6 Å². The summed E-state index contributed by atoms with van der Waals surface area (Å²) in [5.74, 6) is 2.37. The Morgan fingerprint density at radius 3 is 2.77 bits per heavy atom. The lowest BCUT2D eigenvalue weighted by Gasteiger charge is -2.35. The standard InChI is InChI=1S/C16H26N4O2/c1-13-17-15(14-3-9-22-12-14)11-16(18-13)20-6-4-19(5-7-20)8-10-21-2/h11,14H,3-10,12H2,1-2H3/t14-/m1/s1. The summed E-state index contributed by atoms with van der Waals surface area (Å²) in [5, 5.41) is 0. The Hall–Kier alpha value is -1.24. The van der Waals surface area contributed by atoms with Crippen LogP contribution in [0.1, 0.15) is 23.9 Å². The maximum atomic E-state index is 5.50. The van der Waals surface area contributed by atoms with Crippen LogP contribution in [-0.4, -0.2) is 74.5 Å². The highest BCUT2D eigenvalue weighted by molar-refractivity contribution is 5.41. The normalized spacial score (nSPS) is 23.2. The Kier molecular flexibility index (Phi) is 5.23. The SMILES string of the molecule is COCCN1CCN(c2cc([C@@H]3CCOC3)nc(C)n2)CC1. The van der Waals surface area contributed by atoms with Crippen LogP contribution < -0.4 is 4.90 Å². The van der Waals surface area contributed by atoms with Gasteiger partial charge in [-0.3, -0.25) is 4.90 Å². The molecule has 0 amide bonds. The van der Waals surface area contributed by atoms with Crippen molar-refractivity contribution in [2.45, 2.75) is 19.3 Å². The van der Waals surface area contributed by atoms with Crippen molar-refractivity contribution in [3.05, 3.63) is 17.6 Å². The molecule has 2 aliphatic heterocycles. The molecule has 0 unspecified atom stereocenters. The summed E-state index contributed by atoms with van der Waals surface area (Å²) < 4.78 is 10.7. The number of anilines is 1. The van der Waals surface area contributed by atoms with Crippen molar-refractivity contribution in [2.24, 2.45) is 0 Å². The molecular weight excluding hydrogens is 280 g/mol. The third kappa shape index (κ3) is 3.74. The monoisotopic (exact) mass is 306 g/mol. The van der Waals surface area contributed by atoms with Crippen molar-refractivity contribution in [3.8, 4) is 0 Å². The van der Waals surface area contributed by atoms with Gasteiger partial charge in [-0.25, -0.2) is 9.97 Å². The van der Waals surface area contributed by atoms with Gasteiger partial charge in [-0.1, -0.05) is 0 Å². The highest BCUT2D eigenvalue weighted by Crippen LogP contribution is 2.26. The van der Waals surface area contributed by atoms with E-state index in [2.05, 4.69) is 25.8 Å². The van der Waals surface area contributed by atoms with Crippen molar-refractivity contribution < 1.29 is 9.47 Å². The van der Waals surface area contributed by atoms with Gasteiger partial charge in [0.1, 0.15) is 11.6 Å². The molecule has 3 rings (SSSR count). The van der Waals surface area contributed by atoms with Crippen LogP contribution in [0.2, 0.25) is 0 Å². The lowest BCUT2D eigenvalue weighted by atomic mass is 10.0. The minimum absolute atomic E-state index is 0.434. The minimum Gasteiger partial charge on any atom is -0.383 e. The lowest BCUT2D eigenvalue weighted by Crippen LogP contribution is -2.47. The molecule has 0 aliphatic carbocycles. The third-order valence-electron chi connectivity index (χ3n) is 4.50. The second-order valence-corrected chi connectivity index (χ2v) is 6.08. The Morgan fingerprint density at radius 2 is 2.09 bits per heavy atom. The fourth-order valence-electron chi connectivity index (χ4n) is 3.13. The van der Waals surface area contributed by atoms with Gasteiger partial charge in [0.15, 0.2) is 0 Å². The summed E-state index contributed by atoms with van der Waals surface area (Å²) in [7, 11) is 1.76. The Balaban J connectivity index is 1.65. The predicted molar refractivity (Wildman–Crippen MR) is 85.5 cm³/mol. The summed E-state index contributed by atoms with van der Waals surface area (Å²) in [4.78, 5) is 14.1. The molecule has 122 valence electrons. The molecular formula is C16H26N4O2. The molecule has 0 N–H and O–H groups in total. The molecule has 0 saturated carbocycles. The number of hydrogen-bond acceptors (Lipinski definition) is 6. The molecule has 0 aromatic carbocycles. The molecule has 0 bridgehead atoms. The second kappa shape index (κ2) is 7.35. The van der Waals surface area contributed by atoms with Gasteiger partial charge in [-0.2, -0.15) is 0 Å². The fraction of sp³-hybridized carbons (Fsp3) is 0.750. The molecule has 2 aliphatic rings.